The molecule has 2 aliphatic heterocycles. The molecule has 1 aromatic heterocycles. The number of esters is 2. The maximum Gasteiger partial charge on any atom is 0.326 e. The van der Waals surface area contributed by atoms with E-state index in [4.69, 9.17) is 9.47 Å². The SMILES string of the molecule is COC(=O)CN1NCc2cc(Nc3ncc(F)c(Nc4ccc5c(c4)CNN5CC(=O)OC)n3)ccc21. The lowest BCUT2D eigenvalue weighted by atomic mass is 10.1. The molecule has 0 bridgehead atoms. The highest BCUT2D eigenvalue weighted by Crippen LogP contribution is 2.31. The Kier molecular flexibility index (Phi) is 6.70. The summed E-state index contributed by atoms with van der Waals surface area (Å²) >= 11 is 0. The Bertz CT molecular complexity index is 1350. The zero-order valence-corrected chi connectivity index (χ0v) is 20.2. The number of hydrazine groups is 2. The summed E-state index contributed by atoms with van der Waals surface area (Å²) in [7, 11) is 2.69. The van der Waals surface area contributed by atoms with Crippen molar-refractivity contribution in [3.8, 4) is 0 Å². The number of methoxy groups -OCH3 is 2. The predicted molar refractivity (Wildman–Crippen MR) is 134 cm³/mol. The van der Waals surface area contributed by atoms with Crippen LogP contribution in [0.5, 0.6) is 0 Å². The molecular formula is C24H25FN8O4. The first-order valence-corrected chi connectivity index (χ1v) is 11.4. The lowest BCUT2D eigenvalue weighted by Crippen LogP contribution is -2.37. The number of anilines is 6. The smallest absolute Gasteiger partial charge is 0.326 e. The van der Waals surface area contributed by atoms with E-state index in [0.717, 1.165) is 28.7 Å². The fourth-order valence-corrected chi connectivity index (χ4v) is 4.12. The lowest BCUT2D eigenvalue weighted by Gasteiger charge is -2.18. The largest absolute Gasteiger partial charge is 0.468 e. The number of nitrogens with zero attached hydrogens (tertiary/aromatic N) is 4. The number of aromatic nitrogens is 2. The van der Waals surface area contributed by atoms with E-state index in [1.165, 1.54) is 14.2 Å². The van der Waals surface area contributed by atoms with Gasteiger partial charge in [0.25, 0.3) is 0 Å². The molecule has 2 aromatic carbocycles. The number of carbonyl (C=O) groups excluding carboxylic acids is 2. The van der Waals surface area contributed by atoms with E-state index in [9.17, 15) is 14.0 Å². The molecule has 37 heavy (non-hydrogen) atoms. The number of ether oxygens (including phenoxy) is 2. The van der Waals surface area contributed by atoms with E-state index in [1.807, 2.05) is 30.3 Å². The van der Waals surface area contributed by atoms with Gasteiger partial charge in [0.05, 0.1) is 31.8 Å². The molecule has 0 saturated heterocycles. The summed E-state index contributed by atoms with van der Waals surface area (Å²) in [5.41, 5.74) is 11.2. The molecule has 0 amide bonds. The lowest BCUT2D eigenvalue weighted by molar-refractivity contribution is -0.140. The fourth-order valence-electron chi connectivity index (χ4n) is 4.12. The van der Waals surface area contributed by atoms with Crippen LogP contribution in [0, 0.1) is 5.82 Å². The number of fused-ring (bicyclic) bond motifs is 2. The number of halogens is 1. The summed E-state index contributed by atoms with van der Waals surface area (Å²) in [6.07, 6.45) is 1.09. The number of hydrogen-bond acceptors (Lipinski definition) is 12. The Labute approximate surface area is 211 Å². The van der Waals surface area contributed by atoms with Crippen LogP contribution in [-0.2, 0) is 32.2 Å². The molecule has 0 atom stereocenters. The first kappa shape index (κ1) is 24.2. The Hall–Kier alpha value is -4.49. The topological polar surface area (TPSA) is 133 Å². The fraction of sp³-hybridized carbons (Fsp3) is 0.250. The monoisotopic (exact) mass is 508 g/mol. The zero-order chi connectivity index (χ0) is 25.9. The van der Waals surface area contributed by atoms with Gasteiger partial charge < -0.3 is 20.1 Å². The van der Waals surface area contributed by atoms with Crippen molar-refractivity contribution >= 4 is 46.5 Å². The first-order valence-electron chi connectivity index (χ1n) is 11.4. The molecule has 13 heteroatoms. The second kappa shape index (κ2) is 10.2. The van der Waals surface area contributed by atoms with Crippen molar-refractivity contribution in [2.24, 2.45) is 0 Å². The molecule has 3 heterocycles. The van der Waals surface area contributed by atoms with Crippen LogP contribution in [0.3, 0.4) is 0 Å². The van der Waals surface area contributed by atoms with Crippen molar-refractivity contribution in [2.75, 3.05) is 48.0 Å². The number of hydrogen-bond donors (Lipinski definition) is 4. The van der Waals surface area contributed by atoms with Gasteiger partial charge in [-0.05, 0) is 47.5 Å². The van der Waals surface area contributed by atoms with Gasteiger partial charge in [-0.1, -0.05) is 0 Å². The van der Waals surface area contributed by atoms with Gasteiger partial charge >= 0.3 is 11.9 Å². The number of nitrogens with one attached hydrogen (secondary N) is 4. The molecular weight excluding hydrogens is 483 g/mol. The molecule has 5 rings (SSSR count). The second-order valence-corrected chi connectivity index (χ2v) is 8.32. The molecule has 12 nitrogen and oxygen atoms in total. The molecule has 0 radical (unpaired) electrons. The van der Waals surface area contributed by atoms with E-state index in [1.54, 1.807) is 16.1 Å². The average molecular weight is 509 g/mol. The van der Waals surface area contributed by atoms with Crippen LogP contribution in [0.25, 0.3) is 0 Å². The number of benzene rings is 2. The molecule has 2 aliphatic rings. The van der Waals surface area contributed by atoms with Crippen molar-refractivity contribution in [3.63, 3.8) is 0 Å². The van der Waals surface area contributed by atoms with Gasteiger partial charge in [-0.2, -0.15) is 4.98 Å². The van der Waals surface area contributed by atoms with Crippen molar-refractivity contribution in [1.82, 2.24) is 20.8 Å². The van der Waals surface area contributed by atoms with E-state index >= 15 is 0 Å². The highest BCUT2D eigenvalue weighted by molar-refractivity contribution is 5.78. The van der Waals surface area contributed by atoms with Crippen LogP contribution < -0.4 is 31.5 Å². The van der Waals surface area contributed by atoms with Crippen molar-refractivity contribution in [2.45, 2.75) is 13.1 Å². The Morgan fingerprint density at radius 2 is 1.46 bits per heavy atom. The third-order valence-electron chi connectivity index (χ3n) is 5.95. The van der Waals surface area contributed by atoms with Crippen LogP contribution in [0.15, 0.2) is 42.6 Å². The minimum Gasteiger partial charge on any atom is -0.468 e. The average Bonchev–Trinajstić information content (AvgIpc) is 3.49. The Morgan fingerprint density at radius 3 is 2.00 bits per heavy atom. The highest BCUT2D eigenvalue weighted by atomic mass is 19.1. The van der Waals surface area contributed by atoms with Gasteiger partial charge in [0.15, 0.2) is 11.6 Å². The quantitative estimate of drug-likeness (QED) is 0.332. The van der Waals surface area contributed by atoms with Crippen LogP contribution in [0.4, 0.5) is 38.9 Å². The van der Waals surface area contributed by atoms with Gasteiger partial charge in [0, 0.05) is 24.5 Å². The molecule has 0 unspecified atom stereocenters. The van der Waals surface area contributed by atoms with Crippen molar-refractivity contribution in [1.29, 1.82) is 0 Å². The summed E-state index contributed by atoms with van der Waals surface area (Å²) in [5.74, 6) is -1.08. The van der Waals surface area contributed by atoms with E-state index < -0.39 is 5.82 Å². The van der Waals surface area contributed by atoms with Crippen molar-refractivity contribution in [3.05, 3.63) is 59.5 Å². The van der Waals surface area contributed by atoms with Crippen LogP contribution in [0.2, 0.25) is 0 Å². The summed E-state index contributed by atoms with van der Waals surface area (Å²) in [5, 5.41) is 9.53. The molecule has 0 aliphatic carbocycles. The second-order valence-electron chi connectivity index (χ2n) is 8.32. The molecule has 4 N–H and O–H groups in total. The first-order chi connectivity index (χ1) is 17.9. The summed E-state index contributed by atoms with van der Waals surface area (Å²) in [6, 6.07) is 11.1. The van der Waals surface area contributed by atoms with Gasteiger partial charge in [0.2, 0.25) is 5.95 Å². The Balaban J connectivity index is 1.28. The molecule has 0 fully saturated rings. The molecule has 3 aromatic rings. The maximum absolute atomic E-state index is 14.5. The van der Waals surface area contributed by atoms with Crippen LogP contribution >= 0.6 is 0 Å². The summed E-state index contributed by atoms with van der Waals surface area (Å²) in [4.78, 5) is 31.6. The normalized spacial score (nSPS) is 13.7. The molecule has 0 saturated carbocycles. The maximum atomic E-state index is 14.5. The Morgan fingerprint density at radius 1 is 0.919 bits per heavy atom. The molecule has 0 spiro atoms. The van der Waals surface area contributed by atoms with E-state index in [-0.39, 0.29) is 36.8 Å². The molecule has 192 valence electrons. The number of carbonyl (C=O) groups is 2. The predicted octanol–water partition coefficient (Wildman–Crippen LogP) is 2.10. The van der Waals surface area contributed by atoms with Crippen molar-refractivity contribution < 1.29 is 23.5 Å². The van der Waals surface area contributed by atoms with Gasteiger partial charge in [-0.15, -0.1) is 0 Å². The van der Waals surface area contributed by atoms with Gasteiger partial charge in [-0.3, -0.25) is 19.6 Å². The van der Waals surface area contributed by atoms with Crippen LogP contribution in [0.1, 0.15) is 11.1 Å². The third kappa shape index (κ3) is 5.22. The van der Waals surface area contributed by atoms with Gasteiger partial charge in [0.1, 0.15) is 13.1 Å². The van der Waals surface area contributed by atoms with E-state index in [0.29, 0.717) is 24.5 Å². The third-order valence-corrected chi connectivity index (χ3v) is 5.95. The highest BCUT2D eigenvalue weighted by Gasteiger charge is 2.23. The minimum atomic E-state index is -0.604. The van der Waals surface area contributed by atoms with Gasteiger partial charge in [-0.25, -0.2) is 20.2 Å². The summed E-state index contributed by atoms with van der Waals surface area (Å²) < 4.78 is 24.0. The van der Waals surface area contributed by atoms with Crippen LogP contribution in [-0.4, -0.2) is 49.2 Å². The van der Waals surface area contributed by atoms with E-state index in [2.05, 4.69) is 31.5 Å². The standard InChI is InChI=1S/C24H25FN8O4/c1-36-21(34)12-32-19-5-3-16(7-14(19)9-27-32)29-23-18(25)11-26-24(31-23)30-17-4-6-20-15(8-17)10-28-33(20)13-22(35)37-2/h3-8,11,27-28H,9-10,12-13H2,1-2H3,(H2,26,29,30,31). The minimum absolute atomic E-state index is 0.0157. The summed E-state index contributed by atoms with van der Waals surface area (Å²) in [6.45, 7) is 1.23. The zero-order valence-electron chi connectivity index (χ0n) is 20.2. The number of rotatable bonds is 8.